The predicted octanol–water partition coefficient (Wildman–Crippen LogP) is 4.01. The molecule has 0 aliphatic heterocycles. The van der Waals surface area contributed by atoms with E-state index in [0.29, 0.717) is 11.6 Å². The van der Waals surface area contributed by atoms with Gasteiger partial charge in [0.1, 0.15) is 0 Å². The molecular formula is C24H14O2. The van der Waals surface area contributed by atoms with Crippen LogP contribution in [0.5, 0.6) is 0 Å². The highest BCUT2D eigenvalue weighted by Crippen LogP contribution is 2.59. The van der Waals surface area contributed by atoms with Crippen molar-refractivity contribution in [3.63, 3.8) is 0 Å². The van der Waals surface area contributed by atoms with E-state index in [0.717, 1.165) is 44.5 Å². The van der Waals surface area contributed by atoms with Gasteiger partial charge < -0.3 is 0 Å². The molecular weight excluding hydrogens is 320 g/mol. The zero-order valence-corrected chi connectivity index (χ0v) is 13.9. The van der Waals surface area contributed by atoms with Crippen molar-refractivity contribution in [1.82, 2.24) is 0 Å². The van der Waals surface area contributed by atoms with Crippen LogP contribution in [0, 0.1) is 0 Å². The van der Waals surface area contributed by atoms with Crippen molar-refractivity contribution < 1.29 is 9.59 Å². The van der Waals surface area contributed by atoms with Crippen LogP contribution in [0.2, 0.25) is 0 Å². The summed E-state index contributed by atoms with van der Waals surface area (Å²) in [7, 11) is 0. The van der Waals surface area contributed by atoms with Crippen molar-refractivity contribution in [1.29, 1.82) is 0 Å². The standard InChI is InChI=1S/C24H14O2/c25-23-19-11-5-1-2-6-12(11)20(23)16-10-18-17(9-15(16)19)21-13-7-3-4-8-14(13)22(18)24(21)26/h1-10,19-22H/t19-,20-,21?,22?/m1/s1. The van der Waals surface area contributed by atoms with Gasteiger partial charge in [0, 0.05) is 0 Å². The fourth-order valence-corrected chi connectivity index (χ4v) is 5.97. The summed E-state index contributed by atoms with van der Waals surface area (Å²) in [6, 6.07) is 20.8. The van der Waals surface area contributed by atoms with Gasteiger partial charge in [0.15, 0.2) is 11.6 Å². The van der Waals surface area contributed by atoms with Crippen molar-refractivity contribution in [3.8, 4) is 0 Å². The first-order chi connectivity index (χ1) is 12.8. The molecule has 2 nitrogen and oxygen atoms in total. The van der Waals surface area contributed by atoms with Gasteiger partial charge in [0.2, 0.25) is 0 Å². The highest BCUT2D eigenvalue weighted by molar-refractivity contribution is 6.09. The smallest absolute Gasteiger partial charge is 0.156 e. The molecule has 7 rings (SSSR count). The molecule has 122 valence electrons. The minimum absolute atomic E-state index is 0.138. The number of Topliss-reactive ketones (excluding diaryl/α,β-unsaturated/α-hetero) is 2. The minimum atomic E-state index is -0.138. The molecule has 0 radical (unpaired) electrons. The van der Waals surface area contributed by atoms with E-state index >= 15 is 0 Å². The number of ketones is 2. The maximum absolute atomic E-state index is 13.0. The summed E-state index contributed by atoms with van der Waals surface area (Å²) in [6.45, 7) is 0. The number of rotatable bonds is 0. The molecule has 4 aliphatic carbocycles. The monoisotopic (exact) mass is 334 g/mol. The second-order valence-corrected chi connectivity index (χ2v) is 7.90. The lowest BCUT2D eigenvalue weighted by molar-refractivity contribution is -0.119. The summed E-state index contributed by atoms with van der Waals surface area (Å²) in [5, 5.41) is 0. The molecule has 2 heteroatoms. The number of hydrogen-bond acceptors (Lipinski definition) is 2. The highest BCUT2D eigenvalue weighted by atomic mass is 16.1. The Balaban J connectivity index is 1.50. The van der Waals surface area contributed by atoms with Gasteiger partial charge in [-0.15, -0.1) is 0 Å². The molecule has 4 atom stereocenters. The van der Waals surface area contributed by atoms with E-state index in [1.54, 1.807) is 0 Å². The Hall–Kier alpha value is -3.00. The molecule has 0 saturated carbocycles. The maximum atomic E-state index is 13.0. The zero-order valence-electron chi connectivity index (χ0n) is 13.9. The van der Waals surface area contributed by atoms with E-state index in [-0.39, 0.29) is 23.7 Å². The minimum Gasteiger partial charge on any atom is -0.298 e. The summed E-state index contributed by atoms with van der Waals surface area (Å²) in [5.41, 5.74) is 9.17. The Morgan fingerprint density at radius 2 is 0.692 bits per heavy atom. The maximum Gasteiger partial charge on any atom is 0.156 e. The largest absolute Gasteiger partial charge is 0.298 e. The van der Waals surface area contributed by atoms with Crippen LogP contribution in [0.15, 0.2) is 60.7 Å². The molecule has 3 aromatic rings. The first kappa shape index (κ1) is 13.2. The second kappa shape index (κ2) is 4.04. The molecule has 2 unspecified atom stereocenters. The van der Waals surface area contributed by atoms with Crippen LogP contribution in [0.25, 0.3) is 0 Å². The van der Waals surface area contributed by atoms with Crippen molar-refractivity contribution in [3.05, 3.63) is 105 Å². The highest BCUT2D eigenvalue weighted by Gasteiger charge is 2.53. The molecule has 4 aliphatic rings. The van der Waals surface area contributed by atoms with Crippen molar-refractivity contribution in [2.45, 2.75) is 23.7 Å². The van der Waals surface area contributed by atoms with E-state index in [9.17, 15) is 9.59 Å². The van der Waals surface area contributed by atoms with Gasteiger partial charge in [-0.2, -0.15) is 0 Å². The third-order valence-corrected chi connectivity index (χ3v) is 6.91. The fourth-order valence-electron chi connectivity index (χ4n) is 5.97. The molecule has 0 fully saturated rings. The van der Waals surface area contributed by atoms with E-state index in [1.807, 2.05) is 24.3 Å². The van der Waals surface area contributed by atoms with Crippen LogP contribution in [0.4, 0.5) is 0 Å². The Labute approximate surface area is 150 Å². The van der Waals surface area contributed by atoms with E-state index in [2.05, 4.69) is 36.4 Å². The Bertz CT molecular complexity index is 1020. The first-order valence-electron chi connectivity index (χ1n) is 9.18. The summed E-state index contributed by atoms with van der Waals surface area (Å²) >= 11 is 0. The SMILES string of the molecule is O=C1C2c3ccccc3C1c1cc3c(cc12)[C@@H]1C(=O)[C@@H]3c2ccccc21. The molecule has 0 amide bonds. The van der Waals surface area contributed by atoms with Crippen molar-refractivity contribution in [2.24, 2.45) is 0 Å². The zero-order chi connectivity index (χ0) is 17.2. The number of fused-ring (bicyclic) bond motifs is 16. The molecule has 0 heterocycles. The molecule has 26 heavy (non-hydrogen) atoms. The van der Waals surface area contributed by atoms with Crippen molar-refractivity contribution in [2.75, 3.05) is 0 Å². The van der Waals surface area contributed by atoms with E-state index < -0.39 is 0 Å². The fraction of sp³-hybridized carbons (Fsp3) is 0.167. The third-order valence-electron chi connectivity index (χ3n) is 6.91. The van der Waals surface area contributed by atoms with Crippen LogP contribution in [-0.2, 0) is 9.59 Å². The predicted molar refractivity (Wildman–Crippen MR) is 96.7 cm³/mol. The van der Waals surface area contributed by atoms with Crippen LogP contribution < -0.4 is 0 Å². The van der Waals surface area contributed by atoms with E-state index in [1.165, 1.54) is 0 Å². The van der Waals surface area contributed by atoms with Gasteiger partial charge in [-0.25, -0.2) is 0 Å². The topological polar surface area (TPSA) is 34.1 Å². The number of hydrogen-bond donors (Lipinski definition) is 0. The quantitative estimate of drug-likeness (QED) is 0.622. The summed E-state index contributed by atoms with van der Waals surface area (Å²) in [4.78, 5) is 26.0. The third kappa shape index (κ3) is 1.22. The summed E-state index contributed by atoms with van der Waals surface area (Å²) in [5.74, 6) is 0.0611. The molecule has 0 spiro atoms. The lowest BCUT2D eigenvalue weighted by Crippen LogP contribution is -2.08. The average Bonchev–Trinajstić information content (AvgIpc) is 3.31. The number of benzene rings is 3. The van der Waals surface area contributed by atoms with Crippen LogP contribution in [0.1, 0.15) is 68.2 Å². The lowest BCUT2D eigenvalue weighted by atomic mass is 9.79. The van der Waals surface area contributed by atoms with Crippen LogP contribution >= 0.6 is 0 Å². The number of carbonyl (C=O) groups excluding carboxylic acids is 2. The molecule has 0 saturated heterocycles. The Kier molecular flexibility index (Phi) is 2.06. The average molecular weight is 334 g/mol. The number of carbonyl (C=O) groups is 2. The summed E-state index contributed by atoms with van der Waals surface area (Å²) in [6.07, 6.45) is 0. The normalized spacial score (nSPS) is 28.2. The van der Waals surface area contributed by atoms with Gasteiger partial charge in [-0.05, 0) is 44.5 Å². The van der Waals surface area contributed by atoms with Gasteiger partial charge in [0.05, 0.1) is 23.7 Å². The van der Waals surface area contributed by atoms with Gasteiger partial charge >= 0.3 is 0 Å². The molecule has 3 aromatic carbocycles. The van der Waals surface area contributed by atoms with Crippen molar-refractivity contribution >= 4 is 11.6 Å². The van der Waals surface area contributed by atoms with Crippen LogP contribution in [0.3, 0.4) is 0 Å². The lowest BCUT2D eigenvalue weighted by Gasteiger charge is -2.23. The Morgan fingerprint density at radius 1 is 0.423 bits per heavy atom. The van der Waals surface area contributed by atoms with Crippen LogP contribution in [-0.4, -0.2) is 11.6 Å². The molecule has 4 bridgehead atoms. The van der Waals surface area contributed by atoms with E-state index in [4.69, 9.17) is 0 Å². The Morgan fingerprint density at radius 3 is 0.962 bits per heavy atom. The first-order valence-corrected chi connectivity index (χ1v) is 9.18. The second-order valence-electron chi connectivity index (χ2n) is 7.90. The van der Waals surface area contributed by atoms with Gasteiger partial charge in [-0.1, -0.05) is 60.7 Å². The van der Waals surface area contributed by atoms with Gasteiger partial charge in [0.25, 0.3) is 0 Å². The summed E-state index contributed by atoms with van der Waals surface area (Å²) < 4.78 is 0. The van der Waals surface area contributed by atoms with Gasteiger partial charge in [-0.3, -0.25) is 9.59 Å². The molecule has 0 N–H and O–H groups in total. The molecule has 0 aromatic heterocycles.